The molecule has 0 amide bonds. The monoisotopic (exact) mass is 310 g/mol. The van der Waals surface area contributed by atoms with Gasteiger partial charge < -0.3 is 5.73 Å². The molecule has 1 aromatic carbocycles. The van der Waals surface area contributed by atoms with Crippen molar-refractivity contribution in [2.45, 2.75) is 50.5 Å². The number of hydrogen-bond donors (Lipinski definition) is 1. The van der Waals surface area contributed by atoms with E-state index in [9.17, 15) is 8.42 Å². The van der Waals surface area contributed by atoms with Gasteiger partial charge in [-0.2, -0.15) is 4.31 Å². The molecule has 4 nitrogen and oxygen atoms in total. The Morgan fingerprint density at radius 1 is 1.29 bits per heavy atom. The molecule has 0 saturated carbocycles. The van der Waals surface area contributed by atoms with Crippen LogP contribution in [0, 0.1) is 5.92 Å². The van der Waals surface area contributed by atoms with Gasteiger partial charge in [0.25, 0.3) is 0 Å². The summed E-state index contributed by atoms with van der Waals surface area (Å²) in [5.41, 5.74) is 6.46. The van der Waals surface area contributed by atoms with E-state index in [4.69, 9.17) is 5.73 Å². The summed E-state index contributed by atoms with van der Waals surface area (Å²) in [5.74, 6) is 0.672. The van der Waals surface area contributed by atoms with Crippen LogP contribution < -0.4 is 5.73 Å². The highest BCUT2D eigenvalue weighted by Gasteiger charge is 2.27. The molecular formula is C16H26N2O2S. The van der Waals surface area contributed by atoms with Crippen LogP contribution in [-0.4, -0.2) is 25.8 Å². The van der Waals surface area contributed by atoms with E-state index in [1.807, 2.05) is 6.07 Å². The third kappa shape index (κ3) is 4.05. The van der Waals surface area contributed by atoms with Crippen LogP contribution in [0.4, 0.5) is 0 Å². The second-order valence-corrected chi connectivity index (χ2v) is 7.78. The van der Waals surface area contributed by atoms with Gasteiger partial charge in [-0.15, -0.1) is 0 Å². The topological polar surface area (TPSA) is 63.4 Å². The first-order valence-electron chi connectivity index (χ1n) is 7.87. The van der Waals surface area contributed by atoms with Gasteiger partial charge in [-0.1, -0.05) is 31.9 Å². The van der Waals surface area contributed by atoms with Crippen molar-refractivity contribution in [1.82, 2.24) is 4.31 Å². The number of nitrogens with two attached hydrogens (primary N) is 1. The van der Waals surface area contributed by atoms with Crippen molar-refractivity contribution < 1.29 is 8.42 Å². The largest absolute Gasteiger partial charge is 0.326 e. The molecule has 1 saturated heterocycles. The van der Waals surface area contributed by atoms with Crippen LogP contribution in [-0.2, 0) is 16.6 Å². The van der Waals surface area contributed by atoms with Crippen molar-refractivity contribution in [3.8, 4) is 0 Å². The van der Waals surface area contributed by atoms with Crippen LogP contribution >= 0.6 is 0 Å². The minimum atomic E-state index is -3.38. The van der Waals surface area contributed by atoms with Crippen LogP contribution in [0.5, 0.6) is 0 Å². The summed E-state index contributed by atoms with van der Waals surface area (Å²) in [5, 5.41) is 0. The number of benzene rings is 1. The molecule has 0 aliphatic carbocycles. The number of hydrogen-bond acceptors (Lipinski definition) is 3. The SMILES string of the molecule is CCCC1CCCN(S(=O)(=O)c2cccc(CN)c2)CC1. The summed E-state index contributed by atoms with van der Waals surface area (Å²) < 4.78 is 27.2. The molecule has 1 aliphatic heterocycles. The lowest BCUT2D eigenvalue weighted by Gasteiger charge is -2.20. The molecule has 2 N–H and O–H groups in total. The summed E-state index contributed by atoms with van der Waals surface area (Å²) >= 11 is 0. The van der Waals surface area contributed by atoms with Gasteiger partial charge in [0.05, 0.1) is 4.90 Å². The Kier molecular flexibility index (Phi) is 5.79. The van der Waals surface area contributed by atoms with Crippen LogP contribution in [0.3, 0.4) is 0 Å². The highest BCUT2D eigenvalue weighted by atomic mass is 32.2. The first kappa shape index (κ1) is 16.5. The van der Waals surface area contributed by atoms with E-state index in [0.717, 1.165) is 24.8 Å². The van der Waals surface area contributed by atoms with E-state index in [1.54, 1.807) is 22.5 Å². The highest BCUT2D eigenvalue weighted by Crippen LogP contribution is 2.26. The van der Waals surface area contributed by atoms with E-state index in [1.165, 1.54) is 12.8 Å². The molecule has 21 heavy (non-hydrogen) atoms. The Hall–Kier alpha value is -0.910. The van der Waals surface area contributed by atoms with Crippen LogP contribution in [0.25, 0.3) is 0 Å². The molecule has 2 rings (SSSR count). The van der Waals surface area contributed by atoms with Crippen LogP contribution in [0.15, 0.2) is 29.2 Å². The van der Waals surface area contributed by atoms with E-state index in [-0.39, 0.29) is 0 Å². The maximum Gasteiger partial charge on any atom is 0.243 e. The predicted molar refractivity (Wildman–Crippen MR) is 85.3 cm³/mol. The van der Waals surface area contributed by atoms with Gasteiger partial charge in [-0.25, -0.2) is 8.42 Å². The van der Waals surface area contributed by atoms with Crippen molar-refractivity contribution in [3.63, 3.8) is 0 Å². The molecule has 1 heterocycles. The number of rotatable bonds is 5. The molecule has 1 aliphatic rings. The van der Waals surface area contributed by atoms with Crippen molar-refractivity contribution >= 4 is 10.0 Å². The maximum atomic E-state index is 12.8. The molecule has 0 bridgehead atoms. The fourth-order valence-electron chi connectivity index (χ4n) is 3.06. The van der Waals surface area contributed by atoms with Gasteiger partial charge in [-0.3, -0.25) is 0 Å². The Bertz CT molecular complexity index is 557. The van der Waals surface area contributed by atoms with E-state index < -0.39 is 10.0 Å². The standard InChI is InChI=1S/C16H26N2O2S/c1-2-5-14-7-4-10-18(11-9-14)21(19,20)16-8-3-6-15(12-16)13-17/h3,6,8,12,14H,2,4-5,7,9-11,13,17H2,1H3. The summed E-state index contributed by atoms with van der Waals surface area (Å²) in [6, 6.07) is 7.00. The quantitative estimate of drug-likeness (QED) is 0.909. The van der Waals surface area contributed by atoms with Crippen molar-refractivity contribution in [2.24, 2.45) is 11.7 Å². The molecule has 0 radical (unpaired) electrons. The lowest BCUT2D eigenvalue weighted by atomic mass is 9.96. The van der Waals surface area contributed by atoms with E-state index in [0.29, 0.717) is 30.4 Å². The fraction of sp³-hybridized carbons (Fsp3) is 0.625. The Morgan fingerprint density at radius 2 is 2.10 bits per heavy atom. The normalized spacial score (nSPS) is 21.1. The zero-order chi connectivity index (χ0) is 15.3. The van der Waals surface area contributed by atoms with Gasteiger partial charge in [0.1, 0.15) is 0 Å². The van der Waals surface area contributed by atoms with Gasteiger partial charge in [0, 0.05) is 19.6 Å². The van der Waals surface area contributed by atoms with Crippen molar-refractivity contribution in [3.05, 3.63) is 29.8 Å². The summed E-state index contributed by atoms with van der Waals surface area (Å²) in [7, 11) is -3.38. The molecule has 118 valence electrons. The second kappa shape index (κ2) is 7.38. The lowest BCUT2D eigenvalue weighted by molar-refractivity contribution is 0.400. The minimum absolute atomic E-state index is 0.363. The van der Waals surface area contributed by atoms with Crippen LogP contribution in [0.1, 0.15) is 44.6 Å². The van der Waals surface area contributed by atoms with Gasteiger partial charge in [0.2, 0.25) is 10.0 Å². The first-order chi connectivity index (χ1) is 10.1. The predicted octanol–water partition coefficient (Wildman–Crippen LogP) is 2.74. The summed E-state index contributed by atoms with van der Waals surface area (Å²) in [6.07, 6.45) is 5.46. The summed E-state index contributed by atoms with van der Waals surface area (Å²) in [6.45, 7) is 3.83. The average molecular weight is 310 g/mol. The molecule has 1 unspecified atom stereocenters. The van der Waals surface area contributed by atoms with Crippen LogP contribution in [0.2, 0.25) is 0 Å². The molecular weight excluding hydrogens is 284 g/mol. The average Bonchev–Trinajstić information content (AvgIpc) is 2.74. The lowest BCUT2D eigenvalue weighted by Crippen LogP contribution is -2.32. The Morgan fingerprint density at radius 3 is 2.81 bits per heavy atom. The van der Waals surface area contributed by atoms with Crippen molar-refractivity contribution in [2.75, 3.05) is 13.1 Å². The van der Waals surface area contributed by atoms with E-state index >= 15 is 0 Å². The fourth-order valence-corrected chi connectivity index (χ4v) is 4.62. The molecule has 0 aromatic heterocycles. The van der Waals surface area contributed by atoms with Gasteiger partial charge in [0.15, 0.2) is 0 Å². The highest BCUT2D eigenvalue weighted by molar-refractivity contribution is 7.89. The van der Waals surface area contributed by atoms with Gasteiger partial charge in [-0.05, 0) is 42.9 Å². The Labute approximate surface area is 128 Å². The Balaban J connectivity index is 2.15. The molecule has 5 heteroatoms. The molecule has 0 spiro atoms. The minimum Gasteiger partial charge on any atom is -0.326 e. The zero-order valence-electron chi connectivity index (χ0n) is 12.8. The first-order valence-corrected chi connectivity index (χ1v) is 9.31. The maximum absolute atomic E-state index is 12.8. The zero-order valence-corrected chi connectivity index (χ0v) is 13.6. The smallest absolute Gasteiger partial charge is 0.243 e. The number of sulfonamides is 1. The summed E-state index contributed by atoms with van der Waals surface area (Å²) in [4.78, 5) is 0.374. The third-order valence-corrected chi connectivity index (χ3v) is 6.17. The molecule has 1 aromatic rings. The van der Waals surface area contributed by atoms with Crippen molar-refractivity contribution in [1.29, 1.82) is 0 Å². The number of nitrogens with zero attached hydrogens (tertiary/aromatic N) is 1. The van der Waals surface area contributed by atoms with Gasteiger partial charge >= 0.3 is 0 Å². The second-order valence-electron chi connectivity index (χ2n) is 5.84. The van der Waals surface area contributed by atoms with E-state index in [2.05, 4.69) is 6.92 Å². The molecule has 1 fully saturated rings. The molecule has 1 atom stereocenters. The third-order valence-electron chi connectivity index (χ3n) is 4.28.